The number of fused-ring (bicyclic) bond motifs is 1. The smallest absolute Gasteiger partial charge is 0.367 e. The number of halogens is 6. The second kappa shape index (κ2) is 2.97. The zero-order chi connectivity index (χ0) is 11.5. The monoisotopic (exact) mass is 252 g/mol. The fourth-order valence-corrected chi connectivity index (χ4v) is 3.48. The van der Waals surface area contributed by atoms with Crippen LogP contribution in [0.2, 0.25) is 0 Å². The molecule has 2 unspecified atom stereocenters. The molecule has 0 N–H and O–H groups in total. The molecule has 1 nitrogen and oxygen atoms in total. The second-order valence-electron chi connectivity index (χ2n) is 3.48. The lowest BCUT2D eigenvalue weighted by Crippen LogP contribution is -2.67. The summed E-state index contributed by atoms with van der Waals surface area (Å²) in [4.78, 5) is 0. The minimum Gasteiger partial charge on any atom is -0.367 e. The molecule has 0 aromatic rings. The van der Waals surface area contributed by atoms with Gasteiger partial charge in [-0.2, -0.15) is 26.3 Å². The maximum Gasteiger partial charge on any atom is 0.412 e. The summed E-state index contributed by atoms with van der Waals surface area (Å²) in [5.74, 6) is -1.48. The lowest BCUT2D eigenvalue weighted by molar-refractivity contribution is -0.286. The summed E-state index contributed by atoms with van der Waals surface area (Å²) in [6.07, 6.45) is -10.7. The second-order valence-corrected chi connectivity index (χ2v) is 4.83. The van der Waals surface area contributed by atoms with E-state index in [0.717, 1.165) is 0 Å². The summed E-state index contributed by atoms with van der Waals surface area (Å²) < 4.78 is 76.1. The summed E-state index contributed by atoms with van der Waals surface area (Å²) in [6, 6.07) is 0. The number of thioether (sulfide) groups is 1. The predicted octanol–water partition coefficient (Wildman–Crippen LogP) is 2.96. The summed E-state index contributed by atoms with van der Waals surface area (Å²) in [5.41, 5.74) is -0.951. The quantitative estimate of drug-likeness (QED) is 0.613. The molecule has 0 aromatic carbocycles. The highest BCUT2D eigenvalue weighted by atomic mass is 32.2. The van der Waals surface area contributed by atoms with Gasteiger partial charge in [-0.1, -0.05) is 0 Å². The maximum absolute atomic E-state index is 12.5. The Labute approximate surface area is 85.1 Å². The number of hydrogen-bond acceptors (Lipinski definition) is 2. The van der Waals surface area contributed by atoms with Gasteiger partial charge in [-0.15, -0.1) is 11.8 Å². The number of hydrogen-bond donors (Lipinski definition) is 0. The molecular weight excluding hydrogens is 246 g/mol. The van der Waals surface area contributed by atoms with Gasteiger partial charge in [0.1, 0.15) is 5.44 Å². The lowest BCUT2D eigenvalue weighted by Gasteiger charge is -2.51. The van der Waals surface area contributed by atoms with E-state index in [0.29, 0.717) is 0 Å². The van der Waals surface area contributed by atoms with Crippen molar-refractivity contribution in [2.75, 3.05) is 6.61 Å². The Morgan fingerprint density at radius 2 is 1.60 bits per heavy atom. The predicted molar refractivity (Wildman–Crippen MR) is 40.3 cm³/mol. The van der Waals surface area contributed by atoms with Gasteiger partial charge in [0.25, 0.3) is 0 Å². The van der Waals surface area contributed by atoms with Crippen molar-refractivity contribution in [3.63, 3.8) is 0 Å². The highest BCUT2D eigenvalue weighted by Gasteiger charge is 2.82. The highest BCUT2D eigenvalue weighted by Crippen LogP contribution is 2.69. The first kappa shape index (κ1) is 11.4. The van der Waals surface area contributed by atoms with E-state index in [4.69, 9.17) is 4.74 Å². The van der Waals surface area contributed by atoms with Gasteiger partial charge in [0, 0.05) is 12.5 Å². The molecule has 2 rings (SSSR count). The van der Waals surface area contributed by atoms with E-state index in [-0.39, 0.29) is 24.8 Å². The van der Waals surface area contributed by atoms with Gasteiger partial charge in [0.15, 0.2) is 0 Å². The van der Waals surface area contributed by atoms with Crippen molar-refractivity contribution in [3.8, 4) is 0 Å². The summed E-state index contributed by atoms with van der Waals surface area (Å²) >= 11 is -0.167. The third-order valence-electron chi connectivity index (χ3n) is 2.71. The molecule has 0 saturated carbocycles. The van der Waals surface area contributed by atoms with Gasteiger partial charge in [-0.3, -0.25) is 0 Å². The van der Waals surface area contributed by atoms with Crippen molar-refractivity contribution in [3.05, 3.63) is 0 Å². The Hall–Kier alpha value is -0.110. The van der Waals surface area contributed by atoms with Crippen molar-refractivity contribution in [1.82, 2.24) is 0 Å². The van der Waals surface area contributed by atoms with Crippen LogP contribution in [0.4, 0.5) is 26.3 Å². The largest absolute Gasteiger partial charge is 0.412 e. The van der Waals surface area contributed by atoms with E-state index in [2.05, 4.69) is 0 Å². The molecule has 0 spiro atoms. The van der Waals surface area contributed by atoms with Crippen LogP contribution in [0, 0.1) is 5.92 Å². The third kappa shape index (κ3) is 1.30. The number of ether oxygens (including phenoxy) is 1. The normalized spacial score (nSPS) is 34.8. The average Bonchev–Trinajstić information content (AvgIpc) is 2.26. The van der Waals surface area contributed by atoms with Crippen molar-refractivity contribution >= 4 is 11.8 Å². The van der Waals surface area contributed by atoms with Crippen LogP contribution >= 0.6 is 11.8 Å². The summed E-state index contributed by atoms with van der Waals surface area (Å²) in [7, 11) is 0. The molecule has 0 amide bonds. The number of alkyl halides is 6. The van der Waals surface area contributed by atoms with E-state index < -0.39 is 28.5 Å². The molecule has 8 heteroatoms. The first-order chi connectivity index (χ1) is 6.70. The zero-order valence-corrected chi connectivity index (χ0v) is 7.97. The third-order valence-corrected chi connectivity index (χ3v) is 4.54. The lowest BCUT2D eigenvalue weighted by atomic mass is 9.87. The first-order valence-corrected chi connectivity index (χ1v) is 5.01. The minimum absolute atomic E-state index is 0.0315. The molecule has 2 fully saturated rings. The van der Waals surface area contributed by atoms with E-state index in [1.54, 1.807) is 0 Å². The van der Waals surface area contributed by atoms with E-state index in [1.165, 1.54) is 0 Å². The Kier molecular flexibility index (Phi) is 2.25. The van der Waals surface area contributed by atoms with Gasteiger partial charge >= 0.3 is 12.4 Å². The molecule has 2 aliphatic rings. The molecule has 0 bridgehead atoms. The van der Waals surface area contributed by atoms with Crippen molar-refractivity contribution in [2.24, 2.45) is 5.92 Å². The van der Waals surface area contributed by atoms with E-state index >= 15 is 0 Å². The van der Waals surface area contributed by atoms with Crippen molar-refractivity contribution in [1.29, 1.82) is 0 Å². The van der Waals surface area contributed by atoms with Crippen molar-refractivity contribution < 1.29 is 31.1 Å². The standard InChI is InChI=1S/C7H6F6OS/c8-6(9,10)5(7(11,12)13)3-1-2-14-4(3)15-5/h3-4H,1-2H2. The Balaban J connectivity index is 2.35. The molecule has 2 atom stereocenters. The Bertz CT molecular complexity index is 258. The van der Waals surface area contributed by atoms with Crippen LogP contribution in [0.1, 0.15) is 6.42 Å². The van der Waals surface area contributed by atoms with Gasteiger partial charge in [0.2, 0.25) is 4.75 Å². The van der Waals surface area contributed by atoms with E-state index in [1.807, 2.05) is 0 Å². The van der Waals surface area contributed by atoms with Crippen LogP contribution in [0.15, 0.2) is 0 Å². The average molecular weight is 252 g/mol. The molecule has 0 aliphatic carbocycles. The van der Waals surface area contributed by atoms with Crippen LogP contribution in [-0.4, -0.2) is 29.1 Å². The highest BCUT2D eigenvalue weighted by molar-refractivity contribution is 8.02. The fourth-order valence-electron chi connectivity index (χ4n) is 1.99. The molecule has 88 valence electrons. The Morgan fingerprint density at radius 3 is 2.00 bits per heavy atom. The van der Waals surface area contributed by atoms with Crippen LogP contribution < -0.4 is 0 Å². The molecular formula is C7H6F6OS. The molecule has 0 radical (unpaired) electrons. The van der Waals surface area contributed by atoms with Crippen molar-refractivity contribution in [2.45, 2.75) is 29.0 Å². The van der Waals surface area contributed by atoms with E-state index in [9.17, 15) is 26.3 Å². The SMILES string of the molecule is FC(F)(F)C1(C(F)(F)F)SC2OCCC21. The molecule has 2 saturated heterocycles. The minimum atomic E-state index is -5.27. The van der Waals surface area contributed by atoms with Gasteiger partial charge in [-0.25, -0.2) is 0 Å². The zero-order valence-electron chi connectivity index (χ0n) is 7.15. The maximum atomic E-state index is 12.5. The van der Waals surface area contributed by atoms with Crippen LogP contribution in [0.5, 0.6) is 0 Å². The van der Waals surface area contributed by atoms with Crippen LogP contribution in [0.25, 0.3) is 0 Å². The summed E-state index contributed by atoms with van der Waals surface area (Å²) in [5, 5.41) is 0. The van der Waals surface area contributed by atoms with Crippen LogP contribution in [0.3, 0.4) is 0 Å². The molecule has 15 heavy (non-hydrogen) atoms. The fraction of sp³-hybridized carbons (Fsp3) is 1.00. The first-order valence-electron chi connectivity index (χ1n) is 4.13. The molecule has 0 aromatic heterocycles. The van der Waals surface area contributed by atoms with Gasteiger partial charge < -0.3 is 4.74 Å². The van der Waals surface area contributed by atoms with Gasteiger partial charge in [0.05, 0.1) is 0 Å². The molecule has 2 aliphatic heterocycles. The number of rotatable bonds is 0. The van der Waals surface area contributed by atoms with Gasteiger partial charge in [-0.05, 0) is 6.42 Å². The molecule has 2 heterocycles. The topological polar surface area (TPSA) is 9.23 Å². The summed E-state index contributed by atoms with van der Waals surface area (Å²) in [6.45, 7) is -0.0315. The Morgan fingerprint density at radius 1 is 1.07 bits per heavy atom. The van der Waals surface area contributed by atoms with Crippen LogP contribution in [-0.2, 0) is 4.74 Å².